The predicted octanol–water partition coefficient (Wildman–Crippen LogP) is 6.02. The molecule has 1 amide bonds. The minimum Gasteiger partial charge on any atom is -0.382 e. The molecule has 0 radical (unpaired) electrons. The highest BCUT2D eigenvalue weighted by Crippen LogP contribution is 2.34. The average Bonchev–Trinajstić information content (AvgIpc) is 3.27. The molecule has 0 aliphatic heterocycles. The van der Waals surface area contributed by atoms with Crippen LogP contribution in [0.3, 0.4) is 0 Å². The zero-order valence-corrected chi connectivity index (χ0v) is 18.3. The van der Waals surface area contributed by atoms with Crippen molar-refractivity contribution in [1.29, 1.82) is 0 Å². The molecule has 4 aromatic rings. The summed E-state index contributed by atoms with van der Waals surface area (Å²) in [5.74, 6) is -0.149. The number of pyridine rings is 1. The minimum atomic E-state index is -4.53. The monoisotopic (exact) mass is 470 g/mol. The third-order valence-corrected chi connectivity index (χ3v) is 6.85. The van der Waals surface area contributed by atoms with Gasteiger partial charge < -0.3 is 10.6 Å². The Morgan fingerprint density at radius 3 is 2.67 bits per heavy atom. The van der Waals surface area contributed by atoms with Gasteiger partial charge in [-0.25, -0.2) is 9.97 Å². The minimum absolute atomic E-state index is 0.0601. The summed E-state index contributed by atoms with van der Waals surface area (Å²) in [5.41, 5.74) is 2.91. The summed E-state index contributed by atoms with van der Waals surface area (Å²) in [6.07, 6.45) is -1.39. The highest BCUT2D eigenvalue weighted by molar-refractivity contribution is 7.17. The third-order valence-electron chi connectivity index (χ3n) is 5.98. The Bertz CT molecular complexity index is 1320. The van der Waals surface area contributed by atoms with E-state index in [2.05, 4.69) is 20.6 Å². The molecule has 0 saturated heterocycles. The molecule has 2 aromatic carbocycles. The van der Waals surface area contributed by atoms with Gasteiger partial charge in [0.25, 0.3) is 5.91 Å². The molecule has 33 heavy (non-hydrogen) atoms. The van der Waals surface area contributed by atoms with E-state index >= 15 is 0 Å². The van der Waals surface area contributed by atoms with Crippen LogP contribution in [0.25, 0.3) is 21.1 Å². The number of para-hydroxylation sites is 1. The lowest BCUT2D eigenvalue weighted by Gasteiger charge is -2.31. The van der Waals surface area contributed by atoms with Gasteiger partial charge in [0, 0.05) is 23.2 Å². The first-order chi connectivity index (χ1) is 15.9. The van der Waals surface area contributed by atoms with Gasteiger partial charge in [-0.1, -0.05) is 24.3 Å². The van der Waals surface area contributed by atoms with Gasteiger partial charge in [0.15, 0.2) is 0 Å². The molecule has 2 heterocycles. The summed E-state index contributed by atoms with van der Waals surface area (Å²) in [6.45, 7) is 0. The van der Waals surface area contributed by atoms with E-state index in [1.807, 2.05) is 12.1 Å². The van der Waals surface area contributed by atoms with Crippen LogP contribution >= 0.6 is 11.3 Å². The Morgan fingerprint density at radius 1 is 1.03 bits per heavy atom. The van der Waals surface area contributed by atoms with Crippen LogP contribution in [0.4, 0.5) is 18.9 Å². The lowest BCUT2D eigenvalue weighted by Crippen LogP contribution is -2.41. The largest absolute Gasteiger partial charge is 0.433 e. The van der Waals surface area contributed by atoms with Crippen LogP contribution < -0.4 is 10.6 Å². The average molecular weight is 471 g/mol. The number of rotatable bonds is 4. The molecule has 5 nitrogen and oxygen atoms in total. The van der Waals surface area contributed by atoms with Crippen LogP contribution in [-0.2, 0) is 6.18 Å². The number of benzene rings is 2. The maximum absolute atomic E-state index is 13.4. The fourth-order valence-corrected chi connectivity index (χ4v) is 5.24. The number of fused-ring (bicyclic) bond motifs is 2. The number of halogens is 3. The first-order valence-electron chi connectivity index (χ1n) is 10.7. The van der Waals surface area contributed by atoms with E-state index in [-0.39, 0.29) is 18.0 Å². The molecular weight excluding hydrogens is 449 g/mol. The molecule has 170 valence electrons. The van der Waals surface area contributed by atoms with Gasteiger partial charge in [0.1, 0.15) is 5.69 Å². The Labute approximate surface area is 192 Å². The quantitative estimate of drug-likeness (QED) is 0.383. The van der Waals surface area contributed by atoms with Gasteiger partial charge in [-0.05, 0) is 49.9 Å². The maximum Gasteiger partial charge on any atom is 0.433 e. The van der Waals surface area contributed by atoms with Crippen molar-refractivity contribution in [3.8, 4) is 0 Å². The number of amides is 1. The summed E-state index contributed by atoms with van der Waals surface area (Å²) < 4.78 is 41.0. The molecule has 5 rings (SSSR count). The summed E-state index contributed by atoms with van der Waals surface area (Å²) in [4.78, 5) is 21.0. The first kappa shape index (κ1) is 21.6. The van der Waals surface area contributed by atoms with Crippen LogP contribution in [0.2, 0.25) is 0 Å². The highest BCUT2D eigenvalue weighted by atomic mass is 32.1. The number of anilines is 1. The van der Waals surface area contributed by atoms with Crippen molar-refractivity contribution in [2.45, 2.75) is 43.9 Å². The zero-order chi connectivity index (χ0) is 23.0. The summed E-state index contributed by atoms with van der Waals surface area (Å²) in [7, 11) is 0. The molecule has 0 unspecified atom stereocenters. The Hall–Kier alpha value is -3.20. The van der Waals surface area contributed by atoms with E-state index in [0.29, 0.717) is 28.6 Å². The van der Waals surface area contributed by atoms with E-state index in [1.165, 1.54) is 11.3 Å². The summed E-state index contributed by atoms with van der Waals surface area (Å²) in [5, 5.41) is 7.07. The van der Waals surface area contributed by atoms with Crippen molar-refractivity contribution in [3.63, 3.8) is 0 Å². The van der Waals surface area contributed by atoms with E-state index in [4.69, 9.17) is 0 Å². The lowest BCUT2D eigenvalue weighted by atomic mass is 9.90. The highest BCUT2D eigenvalue weighted by Gasteiger charge is 2.34. The predicted molar refractivity (Wildman–Crippen MR) is 123 cm³/mol. The number of carbonyl (C=O) groups is 1. The van der Waals surface area contributed by atoms with Crippen molar-refractivity contribution in [2.24, 2.45) is 0 Å². The summed E-state index contributed by atoms with van der Waals surface area (Å²) >= 11 is 1.43. The van der Waals surface area contributed by atoms with Crippen LogP contribution in [0.15, 0.2) is 54.0 Å². The number of nitrogens with zero attached hydrogens (tertiary/aromatic N) is 2. The second-order valence-corrected chi connectivity index (χ2v) is 9.11. The molecule has 2 atom stereocenters. The van der Waals surface area contributed by atoms with Gasteiger partial charge in [0.2, 0.25) is 0 Å². The molecule has 1 aliphatic carbocycles. The Kier molecular flexibility index (Phi) is 5.65. The third kappa shape index (κ3) is 4.50. The van der Waals surface area contributed by atoms with Crippen molar-refractivity contribution in [1.82, 2.24) is 15.3 Å². The molecule has 2 aromatic heterocycles. The number of nitrogens with one attached hydrogen (secondary N) is 2. The normalized spacial score (nSPS) is 19.0. The second kappa shape index (κ2) is 8.62. The van der Waals surface area contributed by atoms with Crippen molar-refractivity contribution in [2.75, 3.05) is 5.32 Å². The van der Waals surface area contributed by atoms with Gasteiger partial charge in [0.05, 0.1) is 26.8 Å². The van der Waals surface area contributed by atoms with Gasteiger partial charge in [-0.15, -0.1) is 11.3 Å². The SMILES string of the molecule is O=C(N[C@@H]1CCC[C@H](Nc2cc(C(F)(F)F)nc3ccccc23)C1)c1cccc2ncsc12. The number of thiazole rings is 1. The van der Waals surface area contributed by atoms with E-state index in [1.54, 1.807) is 35.8 Å². The maximum atomic E-state index is 13.4. The molecule has 1 saturated carbocycles. The number of aromatic nitrogens is 2. The number of hydrogen-bond acceptors (Lipinski definition) is 5. The number of hydrogen-bond donors (Lipinski definition) is 2. The smallest absolute Gasteiger partial charge is 0.382 e. The Morgan fingerprint density at radius 2 is 1.82 bits per heavy atom. The van der Waals surface area contributed by atoms with Crippen LogP contribution in [0.1, 0.15) is 41.7 Å². The molecule has 9 heteroatoms. The van der Waals surface area contributed by atoms with Crippen LogP contribution in [-0.4, -0.2) is 28.0 Å². The van der Waals surface area contributed by atoms with Crippen molar-refractivity contribution in [3.05, 3.63) is 65.3 Å². The summed E-state index contributed by atoms with van der Waals surface area (Å²) in [6, 6.07) is 13.2. The Balaban J connectivity index is 1.34. The molecule has 2 N–H and O–H groups in total. The first-order valence-corrected chi connectivity index (χ1v) is 11.6. The van der Waals surface area contributed by atoms with E-state index in [0.717, 1.165) is 35.5 Å². The molecule has 1 fully saturated rings. The second-order valence-electron chi connectivity index (χ2n) is 8.25. The number of carbonyl (C=O) groups excluding carboxylic acids is 1. The van der Waals surface area contributed by atoms with Crippen molar-refractivity contribution < 1.29 is 18.0 Å². The molecule has 0 spiro atoms. The van der Waals surface area contributed by atoms with Crippen LogP contribution in [0.5, 0.6) is 0 Å². The zero-order valence-electron chi connectivity index (χ0n) is 17.5. The van der Waals surface area contributed by atoms with Crippen molar-refractivity contribution >= 4 is 44.1 Å². The lowest BCUT2D eigenvalue weighted by molar-refractivity contribution is -0.140. The fourth-order valence-electron chi connectivity index (χ4n) is 4.44. The van der Waals surface area contributed by atoms with Gasteiger partial charge in [-0.2, -0.15) is 13.2 Å². The van der Waals surface area contributed by atoms with E-state index < -0.39 is 11.9 Å². The van der Waals surface area contributed by atoms with E-state index in [9.17, 15) is 18.0 Å². The van der Waals surface area contributed by atoms with Gasteiger partial charge in [-0.3, -0.25) is 4.79 Å². The fraction of sp³-hybridized carbons (Fsp3) is 0.292. The van der Waals surface area contributed by atoms with Gasteiger partial charge >= 0.3 is 6.18 Å². The van der Waals surface area contributed by atoms with Crippen LogP contribution in [0, 0.1) is 0 Å². The molecule has 0 bridgehead atoms. The topological polar surface area (TPSA) is 66.9 Å². The number of alkyl halides is 3. The molecule has 1 aliphatic rings. The standard InChI is InChI=1S/C24H21F3N4OS/c25-24(26,27)21-12-20(16-7-1-2-9-18(16)31-21)29-14-5-3-6-15(11-14)30-23(32)17-8-4-10-19-22(17)33-13-28-19/h1-2,4,7-10,12-15H,3,5-6,11H2,(H,29,31)(H,30,32)/t14-,15+/m0/s1. The molecular formula is C24H21F3N4OS.